The van der Waals surface area contributed by atoms with Gasteiger partial charge < -0.3 is 15.3 Å². The fourth-order valence-electron chi connectivity index (χ4n) is 4.03. The summed E-state index contributed by atoms with van der Waals surface area (Å²) >= 11 is 0. The number of amidine groups is 1. The molecule has 0 bridgehead atoms. The molecule has 1 aliphatic heterocycles. The van der Waals surface area contributed by atoms with Gasteiger partial charge in [0, 0.05) is 18.4 Å². The van der Waals surface area contributed by atoms with E-state index in [1.165, 1.54) is 22.8 Å². The second-order valence-corrected chi connectivity index (χ2v) is 11.7. The average molecular weight is 512 g/mol. The molecule has 0 saturated heterocycles. The first-order valence-corrected chi connectivity index (χ1v) is 14.0. The highest BCUT2D eigenvalue weighted by Gasteiger charge is 2.30. The molecule has 5 rings (SSSR count). The van der Waals surface area contributed by atoms with Crippen LogP contribution in [0.15, 0.2) is 74.9 Å². The largest absolute Gasteiger partial charge is 0.338 e. The molecule has 13 heteroatoms. The van der Waals surface area contributed by atoms with Crippen molar-refractivity contribution in [1.29, 1.82) is 0 Å². The average Bonchev–Trinajstić information content (AvgIpc) is 3.27. The minimum absolute atomic E-state index is 0.0713. The molecule has 0 spiro atoms. The molecule has 1 aliphatic rings. The number of aryl methyl sites for hydroxylation is 1. The van der Waals surface area contributed by atoms with Crippen molar-refractivity contribution >= 4 is 40.4 Å². The van der Waals surface area contributed by atoms with Crippen molar-refractivity contribution in [3.8, 4) is 0 Å². The number of fused-ring (bicyclic) bond motifs is 2. The summed E-state index contributed by atoms with van der Waals surface area (Å²) in [5.41, 5.74) is 1.87. The summed E-state index contributed by atoms with van der Waals surface area (Å²) in [5, 5.41) is 9.64. The van der Waals surface area contributed by atoms with Crippen LogP contribution in [0.5, 0.6) is 0 Å². The zero-order chi connectivity index (χ0) is 25.0. The topological polar surface area (TPSA) is 147 Å². The third-order valence-electron chi connectivity index (χ3n) is 5.52. The maximum atomic E-state index is 13.7. The summed E-state index contributed by atoms with van der Waals surface area (Å²) in [7, 11) is -7.87. The van der Waals surface area contributed by atoms with Crippen molar-refractivity contribution in [2.45, 2.75) is 18.4 Å². The van der Waals surface area contributed by atoms with Crippen LogP contribution in [0.3, 0.4) is 0 Å². The zero-order valence-corrected chi connectivity index (χ0v) is 20.4. The van der Waals surface area contributed by atoms with Crippen molar-refractivity contribution in [2.75, 3.05) is 17.1 Å². The van der Waals surface area contributed by atoms with E-state index in [-0.39, 0.29) is 34.2 Å². The summed E-state index contributed by atoms with van der Waals surface area (Å²) in [6.07, 6.45) is 1.57. The molecule has 0 radical (unpaired) electrons. The molecule has 180 valence electrons. The van der Waals surface area contributed by atoms with Gasteiger partial charge in [-0.2, -0.15) is 13.5 Å². The fraction of sp³-hybridized carbons (Fsp3) is 0.136. The number of hydrogen-bond acceptors (Lipinski definition) is 6. The molecule has 0 fully saturated rings. The number of benzene rings is 2. The van der Waals surface area contributed by atoms with Crippen LogP contribution >= 0.6 is 7.52 Å². The van der Waals surface area contributed by atoms with Gasteiger partial charge in [-0.25, -0.2) is 4.52 Å². The van der Waals surface area contributed by atoms with Crippen LogP contribution in [0, 0.1) is 6.92 Å². The van der Waals surface area contributed by atoms with Crippen LogP contribution in [0.25, 0.3) is 5.65 Å². The lowest BCUT2D eigenvalue weighted by Crippen LogP contribution is -2.35. The molecule has 3 N–H and O–H groups in total. The monoisotopic (exact) mass is 512 g/mol. The normalized spacial score (nSPS) is 16.1. The number of hydrogen-bond donors (Lipinski definition) is 3. The van der Waals surface area contributed by atoms with Crippen LogP contribution < -0.4 is 16.0 Å². The first-order valence-electron chi connectivity index (χ1n) is 10.5. The number of nitrogens with one attached hydrogen (secondary N) is 2. The quantitative estimate of drug-likeness (QED) is 0.346. The molecule has 4 aromatic rings. The van der Waals surface area contributed by atoms with E-state index in [1.54, 1.807) is 23.7 Å². The van der Waals surface area contributed by atoms with Crippen molar-refractivity contribution in [3.63, 3.8) is 0 Å². The summed E-state index contributed by atoms with van der Waals surface area (Å²) in [4.78, 5) is 23.1. The third-order valence-corrected chi connectivity index (χ3v) is 7.51. The summed E-state index contributed by atoms with van der Waals surface area (Å²) < 4.78 is 44.8. The van der Waals surface area contributed by atoms with Gasteiger partial charge in [0.25, 0.3) is 23.1 Å². The minimum atomic E-state index is -4.23. The number of sulfonamides is 1. The maximum Gasteiger partial charge on any atom is 0.288 e. The molecule has 0 saturated carbocycles. The standard InChI is InChI=1S/C22H21N6O5PS/c1-14-20(22(29)27(19-10-11-23-28(14)19)13-15-6-4-3-5-7-15)21-24-17-9-8-16(25-34(2,30)31)12-18(17)35(32,33)26-21/h3-12H,13H2,1-2H3,(H,24,26)(H2,25,30,31). The Morgan fingerprint density at radius 3 is 2.60 bits per heavy atom. The van der Waals surface area contributed by atoms with E-state index in [0.717, 1.165) is 12.2 Å². The second-order valence-electron chi connectivity index (χ2n) is 8.18. The van der Waals surface area contributed by atoms with Gasteiger partial charge in [-0.1, -0.05) is 30.3 Å². The van der Waals surface area contributed by atoms with E-state index in [0.29, 0.717) is 11.3 Å². The Bertz CT molecular complexity index is 1720. The van der Waals surface area contributed by atoms with Gasteiger partial charge >= 0.3 is 0 Å². The third kappa shape index (κ3) is 4.27. The fourth-order valence-corrected chi connectivity index (χ4v) is 5.79. The molecule has 0 amide bonds. The van der Waals surface area contributed by atoms with Gasteiger partial charge in [0.1, 0.15) is 16.1 Å². The molecular formula is C22H21N6O5PS. The lowest BCUT2D eigenvalue weighted by molar-refractivity contribution is 0.491. The van der Waals surface area contributed by atoms with Gasteiger partial charge in [-0.15, -0.1) is 4.40 Å². The Labute approximate surface area is 200 Å². The van der Waals surface area contributed by atoms with Crippen LogP contribution in [0.1, 0.15) is 16.8 Å². The molecule has 11 nitrogen and oxygen atoms in total. The van der Waals surface area contributed by atoms with Gasteiger partial charge in [0.2, 0.25) is 0 Å². The Hall–Kier alpha value is -3.73. The highest BCUT2D eigenvalue weighted by Crippen LogP contribution is 2.38. The highest BCUT2D eigenvalue weighted by atomic mass is 32.2. The Balaban J connectivity index is 1.65. The van der Waals surface area contributed by atoms with E-state index in [1.807, 2.05) is 30.3 Å². The van der Waals surface area contributed by atoms with Gasteiger partial charge in [-0.3, -0.25) is 13.9 Å². The molecule has 2 aromatic carbocycles. The number of nitrogens with zero attached hydrogens (tertiary/aromatic N) is 4. The molecular weight excluding hydrogens is 491 g/mol. The molecule has 0 aliphatic carbocycles. The van der Waals surface area contributed by atoms with E-state index in [4.69, 9.17) is 0 Å². The van der Waals surface area contributed by atoms with Crippen LogP contribution in [-0.2, 0) is 21.1 Å². The van der Waals surface area contributed by atoms with Crippen molar-refractivity contribution in [2.24, 2.45) is 4.40 Å². The second kappa shape index (κ2) is 8.19. The minimum Gasteiger partial charge on any atom is -0.338 e. The predicted octanol–water partition coefficient (Wildman–Crippen LogP) is 2.64. The van der Waals surface area contributed by atoms with Gasteiger partial charge in [0.15, 0.2) is 5.84 Å². The van der Waals surface area contributed by atoms with Crippen molar-refractivity contribution in [1.82, 2.24) is 14.2 Å². The lowest BCUT2D eigenvalue weighted by Gasteiger charge is -2.21. The number of rotatable bonds is 5. The molecule has 1 atom stereocenters. The van der Waals surface area contributed by atoms with Gasteiger partial charge in [0.05, 0.1) is 24.1 Å². The predicted molar refractivity (Wildman–Crippen MR) is 133 cm³/mol. The Kier molecular flexibility index (Phi) is 5.39. The highest BCUT2D eigenvalue weighted by molar-refractivity contribution is 7.90. The number of aromatic nitrogens is 3. The van der Waals surface area contributed by atoms with E-state index in [9.17, 15) is 22.7 Å². The van der Waals surface area contributed by atoms with Crippen LogP contribution in [-0.4, -0.2) is 40.0 Å². The molecule has 35 heavy (non-hydrogen) atoms. The zero-order valence-electron chi connectivity index (χ0n) is 18.7. The SMILES string of the molecule is Cc1c(C2=NS(=O)(=O)c3cc(NP(C)(=O)O)ccc3N2)c(=O)n(Cc2ccccc2)c2ccnn12. The van der Waals surface area contributed by atoms with Crippen LogP contribution in [0.2, 0.25) is 0 Å². The summed E-state index contributed by atoms with van der Waals surface area (Å²) in [6, 6.07) is 15.3. The van der Waals surface area contributed by atoms with Crippen molar-refractivity contribution in [3.05, 3.63) is 88.0 Å². The summed E-state index contributed by atoms with van der Waals surface area (Å²) in [5.74, 6) is -0.122. The first-order chi connectivity index (χ1) is 16.5. The first kappa shape index (κ1) is 23.0. The Morgan fingerprint density at radius 1 is 1.14 bits per heavy atom. The molecule has 3 heterocycles. The number of anilines is 2. The van der Waals surface area contributed by atoms with E-state index >= 15 is 0 Å². The molecule has 1 unspecified atom stereocenters. The summed E-state index contributed by atoms with van der Waals surface area (Å²) in [6.45, 7) is 3.03. The maximum absolute atomic E-state index is 13.7. The van der Waals surface area contributed by atoms with E-state index < -0.39 is 23.1 Å². The smallest absolute Gasteiger partial charge is 0.288 e. The van der Waals surface area contributed by atoms with Crippen molar-refractivity contribution < 1.29 is 17.9 Å². The lowest BCUT2D eigenvalue weighted by atomic mass is 10.1. The Morgan fingerprint density at radius 2 is 1.89 bits per heavy atom. The van der Waals surface area contributed by atoms with Gasteiger partial charge in [-0.05, 0) is 30.7 Å². The molecule has 2 aromatic heterocycles. The van der Waals surface area contributed by atoms with Crippen LogP contribution in [0.4, 0.5) is 11.4 Å². The van der Waals surface area contributed by atoms with E-state index in [2.05, 4.69) is 19.9 Å².